The third-order valence-electron chi connectivity index (χ3n) is 4.60. The number of hydrogen-bond acceptors (Lipinski definition) is 4. The first-order chi connectivity index (χ1) is 12.1. The molecule has 5 nitrogen and oxygen atoms in total. The Morgan fingerprint density at radius 2 is 2.08 bits per heavy atom. The Balaban J connectivity index is 1.86. The monoisotopic (exact) mass is 359 g/mol. The Bertz CT molecular complexity index is 1020. The summed E-state index contributed by atoms with van der Waals surface area (Å²) in [6, 6.07) is 9.13. The van der Waals surface area contributed by atoms with Crippen LogP contribution in [0.2, 0.25) is 0 Å². The fourth-order valence-electron chi connectivity index (χ4n) is 3.40. The number of nitrogens with zero attached hydrogens (tertiary/aromatic N) is 2. The van der Waals surface area contributed by atoms with Gasteiger partial charge in [-0.05, 0) is 55.6 Å². The first-order valence-corrected chi connectivity index (χ1v) is 9.70. The van der Waals surface area contributed by atoms with Gasteiger partial charge in [-0.25, -0.2) is 16.8 Å². The topological polar surface area (TPSA) is 64.0 Å². The minimum atomic E-state index is -4.03. The molecule has 1 unspecified atom stereocenters. The maximum atomic E-state index is 14.1. The lowest BCUT2D eigenvalue weighted by Crippen LogP contribution is -2.23. The summed E-state index contributed by atoms with van der Waals surface area (Å²) in [5.41, 5.74) is 1.98. The smallest absolute Gasteiger partial charge is 0.271 e. The zero-order valence-corrected chi connectivity index (χ0v) is 14.3. The second-order valence-electron chi connectivity index (χ2n) is 6.25. The fraction of sp³-hybridized carbons (Fsp3) is 0.278. The maximum Gasteiger partial charge on any atom is 0.271 e. The van der Waals surface area contributed by atoms with Crippen LogP contribution in [0, 0.1) is 5.82 Å². The van der Waals surface area contributed by atoms with Crippen molar-refractivity contribution in [3.8, 4) is 0 Å². The minimum absolute atomic E-state index is 0.317. The minimum Gasteiger partial charge on any atom is -0.314 e. The second kappa shape index (κ2) is 6.24. The van der Waals surface area contributed by atoms with E-state index in [0.717, 1.165) is 35.0 Å². The number of benzene rings is 1. The van der Waals surface area contributed by atoms with Crippen molar-refractivity contribution in [3.05, 3.63) is 60.2 Å². The van der Waals surface area contributed by atoms with Crippen LogP contribution in [0.25, 0.3) is 11.0 Å². The molecule has 25 heavy (non-hydrogen) atoms. The summed E-state index contributed by atoms with van der Waals surface area (Å²) in [5, 5.41) is 3.41. The Kier molecular flexibility index (Phi) is 4.05. The molecule has 0 aliphatic carbocycles. The van der Waals surface area contributed by atoms with Gasteiger partial charge in [-0.3, -0.25) is 4.98 Å². The van der Waals surface area contributed by atoms with Gasteiger partial charge in [0.1, 0.15) is 10.7 Å². The summed E-state index contributed by atoms with van der Waals surface area (Å²) in [5.74, 6) is -0.757. The summed E-state index contributed by atoms with van der Waals surface area (Å²) in [7, 11) is -4.03. The fourth-order valence-corrected chi connectivity index (χ4v) is 4.85. The quantitative estimate of drug-likeness (QED) is 0.778. The number of aromatic nitrogens is 2. The van der Waals surface area contributed by atoms with Gasteiger partial charge in [0.25, 0.3) is 10.0 Å². The molecule has 1 atom stereocenters. The molecule has 0 spiro atoms. The molecule has 130 valence electrons. The molecule has 0 radical (unpaired) electrons. The van der Waals surface area contributed by atoms with Crippen LogP contribution in [0.3, 0.4) is 0 Å². The van der Waals surface area contributed by atoms with E-state index < -0.39 is 15.8 Å². The zero-order valence-electron chi connectivity index (χ0n) is 13.5. The predicted octanol–water partition coefficient (Wildman–Crippen LogP) is 2.71. The highest BCUT2D eigenvalue weighted by Gasteiger charge is 2.26. The third kappa shape index (κ3) is 2.83. The molecule has 0 saturated carbocycles. The summed E-state index contributed by atoms with van der Waals surface area (Å²) < 4.78 is 41.2. The van der Waals surface area contributed by atoms with Crippen molar-refractivity contribution in [2.45, 2.75) is 30.2 Å². The molecule has 3 heterocycles. The van der Waals surface area contributed by atoms with Gasteiger partial charge in [0, 0.05) is 18.4 Å². The van der Waals surface area contributed by atoms with Crippen molar-refractivity contribution in [2.75, 3.05) is 6.54 Å². The van der Waals surface area contributed by atoms with Gasteiger partial charge >= 0.3 is 0 Å². The lowest BCUT2D eigenvalue weighted by molar-refractivity contribution is 0.561. The highest BCUT2D eigenvalue weighted by Crippen LogP contribution is 2.27. The van der Waals surface area contributed by atoms with Gasteiger partial charge in [0.05, 0.1) is 11.0 Å². The van der Waals surface area contributed by atoms with Crippen LogP contribution in [0.1, 0.15) is 18.4 Å². The van der Waals surface area contributed by atoms with E-state index in [9.17, 15) is 12.8 Å². The Morgan fingerprint density at radius 1 is 1.24 bits per heavy atom. The average Bonchev–Trinajstić information content (AvgIpc) is 3.24. The zero-order chi connectivity index (χ0) is 17.4. The number of fused-ring (bicyclic) bond motifs is 1. The van der Waals surface area contributed by atoms with Gasteiger partial charge in [-0.15, -0.1) is 0 Å². The highest BCUT2D eigenvalue weighted by atomic mass is 32.2. The van der Waals surface area contributed by atoms with Crippen molar-refractivity contribution in [3.63, 3.8) is 0 Å². The average molecular weight is 359 g/mol. The molecule has 1 aliphatic heterocycles. The standard InChI is InChI=1S/C18H18FN3O2S/c19-15-6-1-2-8-17(15)25(23,24)22-12-13(11-14-5-3-9-20-14)18-16(22)7-4-10-21-18/h1-2,4,6-8,10,12,14,20H,3,5,9,11H2. The molecule has 3 aromatic rings. The van der Waals surface area contributed by atoms with Crippen LogP contribution in [0.5, 0.6) is 0 Å². The summed E-state index contributed by atoms with van der Waals surface area (Å²) in [4.78, 5) is 4.03. The molecule has 1 aromatic carbocycles. The van der Waals surface area contributed by atoms with E-state index >= 15 is 0 Å². The lowest BCUT2D eigenvalue weighted by atomic mass is 10.1. The van der Waals surface area contributed by atoms with Gasteiger partial charge in [-0.1, -0.05) is 12.1 Å². The molecule has 4 rings (SSSR count). The maximum absolute atomic E-state index is 14.1. The van der Waals surface area contributed by atoms with E-state index in [1.165, 1.54) is 18.2 Å². The van der Waals surface area contributed by atoms with Crippen molar-refractivity contribution in [2.24, 2.45) is 0 Å². The lowest BCUT2D eigenvalue weighted by Gasteiger charge is -2.08. The number of hydrogen-bond donors (Lipinski definition) is 1. The molecular weight excluding hydrogens is 341 g/mol. The van der Waals surface area contributed by atoms with Crippen molar-refractivity contribution >= 4 is 21.1 Å². The number of nitrogens with one attached hydrogen (secondary N) is 1. The van der Waals surface area contributed by atoms with E-state index in [1.807, 2.05) is 0 Å². The third-order valence-corrected chi connectivity index (χ3v) is 6.31. The summed E-state index contributed by atoms with van der Waals surface area (Å²) >= 11 is 0. The van der Waals surface area contributed by atoms with E-state index in [-0.39, 0.29) is 4.90 Å². The molecular formula is C18H18FN3O2S. The van der Waals surface area contributed by atoms with Gasteiger partial charge < -0.3 is 5.32 Å². The Morgan fingerprint density at radius 3 is 2.84 bits per heavy atom. The van der Waals surface area contributed by atoms with Crippen LogP contribution in [-0.4, -0.2) is 30.0 Å². The normalized spacial score (nSPS) is 18.0. The van der Waals surface area contributed by atoms with Gasteiger partial charge in [0.15, 0.2) is 0 Å². The van der Waals surface area contributed by atoms with Crippen LogP contribution in [0.4, 0.5) is 4.39 Å². The Labute approximate surface area is 145 Å². The number of rotatable bonds is 4. The predicted molar refractivity (Wildman–Crippen MR) is 93.4 cm³/mol. The first kappa shape index (κ1) is 16.2. The largest absolute Gasteiger partial charge is 0.314 e. The highest BCUT2D eigenvalue weighted by molar-refractivity contribution is 7.90. The number of pyridine rings is 1. The molecule has 7 heteroatoms. The summed E-state index contributed by atoms with van der Waals surface area (Å²) in [6.45, 7) is 0.976. The van der Waals surface area contributed by atoms with Crippen LogP contribution < -0.4 is 5.32 Å². The summed E-state index contributed by atoms with van der Waals surface area (Å²) in [6.07, 6.45) is 6.10. The Hall–Kier alpha value is -2.25. The van der Waals surface area contributed by atoms with E-state index in [2.05, 4.69) is 10.3 Å². The molecule has 0 bridgehead atoms. The molecule has 1 saturated heterocycles. The van der Waals surface area contributed by atoms with Gasteiger partial charge in [-0.2, -0.15) is 0 Å². The van der Waals surface area contributed by atoms with Crippen LogP contribution in [0.15, 0.2) is 53.7 Å². The van der Waals surface area contributed by atoms with Crippen molar-refractivity contribution < 1.29 is 12.8 Å². The second-order valence-corrected chi connectivity index (χ2v) is 8.04. The molecule has 2 aromatic heterocycles. The first-order valence-electron chi connectivity index (χ1n) is 8.26. The van der Waals surface area contributed by atoms with Crippen molar-refractivity contribution in [1.29, 1.82) is 0 Å². The van der Waals surface area contributed by atoms with E-state index in [4.69, 9.17) is 0 Å². The van der Waals surface area contributed by atoms with E-state index in [0.29, 0.717) is 23.5 Å². The number of halogens is 1. The van der Waals surface area contributed by atoms with Crippen LogP contribution in [-0.2, 0) is 16.4 Å². The molecule has 1 fully saturated rings. The van der Waals surface area contributed by atoms with Crippen molar-refractivity contribution in [1.82, 2.24) is 14.3 Å². The molecule has 1 aliphatic rings. The SMILES string of the molecule is O=S(=O)(c1ccccc1F)n1cc(CC2CCCN2)c2ncccc21. The molecule has 1 N–H and O–H groups in total. The molecule has 0 amide bonds. The van der Waals surface area contributed by atoms with Crippen LogP contribution >= 0.6 is 0 Å². The van der Waals surface area contributed by atoms with Gasteiger partial charge in [0.2, 0.25) is 0 Å². The van der Waals surface area contributed by atoms with E-state index in [1.54, 1.807) is 24.5 Å².